The molecule has 0 amide bonds. The number of nitro benzene ring substituents is 1. The van der Waals surface area contributed by atoms with E-state index in [-0.39, 0.29) is 40.2 Å². The summed E-state index contributed by atoms with van der Waals surface area (Å²) in [7, 11) is 0. The molecule has 0 fully saturated rings. The van der Waals surface area contributed by atoms with Crippen molar-refractivity contribution < 1.29 is 14.1 Å². The van der Waals surface area contributed by atoms with E-state index in [1.54, 1.807) is 24.3 Å². The lowest BCUT2D eigenvalue weighted by Gasteiger charge is -2.09. The van der Waals surface area contributed by atoms with Gasteiger partial charge in [-0.1, -0.05) is 60.7 Å². The summed E-state index contributed by atoms with van der Waals surface area (Å²) in [5.74, 6) is 0.316. The second-order valence-electron chi connectivity index (χ2n) is 6.16. The molecule has 0 bridgehead atoms. The molecule has 0 saturated heterocycles. The third-order valence-corrected chi connectivity index (χ3v) is 4.31. The van der Waals surface area contributed by atoms with Gasteiger partial charge < -0.3 is 9.15 Å². The minimum atomic E-state index is -0.583. The molecule has 1 heterocycles. The van der Waals surface area contributed by atoms with Crippen molar-refractivity contribution in [2.45, 2.75) is 6.61 Å². The lowest BCUT2D eigenvalue weighted by Crippen LogP contribution is -2.05. The molecule has 0 aliphatic carbocycles. The van der Waals surface area contributed by atoms with Gasteiger partial charge in [-0.15, -0.1) is 0 Å². The van der Waals surface area contributed by atoms with Crippen molar-refractivity contribution in [3.8, 4) is 17.1 Å². The first-order valence-electron chi connectivity index (χ1n) is 8.61. The molecule has 6 nitrogen and oxygen atoms in total. The van der Waals surface area contributed by atoms with Gasteiger partial charge in [0.15, 0.2) is 5.43 Å². The first-order chi connectivity index (χ1) is 13.6. The zero-order valence-corrected chi connectivity index (χ0v) is 14.7. The zero-order chi connectivity index (χ0) is 19.5. The van der Waals surface area contributed by atoms with Crippen molar-refractivity contribution in [1.82, 2.24) is 0 Å². The van der Waals surface area contributed by atoms with Crippen LogP contribution in [0.25, 0.3) is 22.3 Å². The number of fused-ring (bicyclic) bond motifs is 1. The SMILES string of the molecule is O=c1cc(-c2ccccc2)oc2c([N+](=O)[O-])c(OCc3ccccc3)ccc12. The van der Waals surface area contributed by atoms with Crippen LogP contribution in [-0.2, 0) is 6.61 Å². The second-order valence-corrected chi connectivity index (χ2v) is 6.16. The molecule has 4 aromatic rings. The van der Waals surface area contributed by atoms with Crippen LogP contribution in [0.3, 0.4) is 0 Å². The fourth-order valence-electron chi connectivity index (χ4n) is 2.96. The molecule has 0 N–H and O–H groups in total. The summed E-state index contributed by atoms with van der Waals surface area (Å²) in [6.45, 7) is 0.162. The topological polar surface area (TPSA) is 82.6 Å². The molecular weight excluding hydrogens is 358 g/mol. The van der Waals surface area contributed by atoms with Crippen molar-refractivity contribution in [3.63, 3.8) is 0 Å². The molecule has 0 atom stereocenters. The summed E-state index contributed by atoms with van der Waals surface area (Å²) in [6.07, 6.45) is 0. The predicted molar refractivity (Wildman–Crippen MR) is 105 cm³/mol. The predicted octanol–water partition coefficient (Wildman–Crippen LogP) is 4.95. The molecule has 0 spiro atoms. The van der Waals surface area contributed by atoms with Crippen molar-refractivity contribution in [3.05, 3.63) is 105 Å². The Morgan fingerprint density at radius 3 is 2.29 bits per heavy atom. The Hall–Kier alpha value is -3.93. The van der Waals surface area contributed by atoms with E-state index < -0.39 is 4.92 Å². The average Bonchev–Trinajstić information content (AvgIpc) is 2.72. The number of ether oxygens (including phenoxy) is 1. The lowest BCUT2D eigenvalue weighted by molar-refractivity contribution is -0.384. The van der Waals surface area contributed by atoms with Gasteiger partial charge in [0, 0.05) is 11.6 Å². The van der Waals surface area contributed by atoms with E-state index in [2.05, 4.69) is 0 Å². The maximum absolute atomic E-state index is 12.5. The Labute approximate surface area is 159 Å². The van der Waals surface area contributed by atoms with Crippen LogP contribution in [0, 0.1) is 10.1 Å². The third kappa shape index (κ3) is 3.35. The molecule has 0 aliphatic rings. The van der Waals surface area contributed by atoms with Gasteiger partial charge in [0.1, 0.15) is 12.4 Å². The zero-order valence-electron chi connectivity index (χ0n) is 14.7. The van der Waals surface area contributed by atoms with Crippen LogP contribution in [0.2, 0.25) is 0 Å². The van der Waals surface area contributed by atoms with Gasteiger partial charge in [-0.05, 0) is 17.7 Å². The first-order valence-corrected chi connectivity index (χ1v) is 8.61. The van der Waals surface area contributed by atoms with Gasteiger partial charge in [-0.2, -0.15) is 0 Å². The van der Waals surface area contributed by atoms with Crippen molar-refractivity contribution in [2.24, 2.45) is 0 Å². The normalized spacial score (nSPS) is 10.7. The third-order valence-electron chi connectivity index (χ3n) is 4.31. The van der Waals surface area contributed by atoms with Crippen LogP contribution in [0.5, 0.6) is 5.75 Å². The number of hydrogen-bond acceptors (Lipinski definition) is 5. The van der Waals surface area contributed by atoms with Gasteiger partial charge in [0.2, 0.25) is 11.3 Å². The Kier molecular flexibility index (Phi) is 4.60. The van der Waals surface area contributed by atoms with E-state index in [1.165, 1.54) is 18.2 Å². The minimum absolute atomic E-state index is 0.0507. The number of benzene rings is 3. The Balaban J connectivity index is 1.84. The molecule has 28 heavy (non-hydrogen) atoms. The standard InChI is InChI=1S/C22H15NO5/c24-18-13-20(16-9-5-2-6-10-16)28-22-17(18)11-12-19(21(22)23(25)26)27-14-15-7-3-1-4-8-15/h1-13H,14H2. The summed E-state index contributed by atoms with van der Waals surface area (Å²) < 4.78 is 11.5. The van der Waals surface area contributed by atoms with E-state index in [9.17, 15) is 14.9 Å². The highest BCUT2D eigenvalue weighted by atomic mass is 16.6. The second kappa shape index (κ2) is 7.36. The van der Waals surface area contributed by atoms with Crippen molar-refractivity contribution in [2.75, 3.05) is 0 Å². The Bertz CT molecular complexity index is 1200. The summed E-state index contributed by atoms with van der Waals surface area (Å²) in [5, 5.41) is 11.9. The highest BCUT2D eigenvalue weighted by molar-refractivity contribution is 5.89. The molecule has 0 radical (unpaired) electrons. The van der Waals surface area contributed by atoms with E-state index >= 15 is 0 Å². The largest absolute Gasteiger partial charge is 0.482 e. The maximum Gasteiger partial charge on any atom is 0.353 e. The van der Waals surface area contributed by atoms with Gasteiger partial charge in [-0.25, -0.2) is 0 Å². The molecule has 0 saturated carbocycles. The van der Waals surface area contributed by atoms with Crippen molar-refractivity contribution in [1.29, 1.82) is 0 Å². The minimum Gasteiger partial charge on any atom is -0.482 e. The molecule has 4 rings (SSSR count). The number of nitrogens with zero attached hydrogens (tertiary/aromatic N) is 1. The molecular formula is C22H15NO5. The fraction of sp³-hybridized carbons (Fsp3) is 0.0455. The van der Waals surface area contributed by atoms with Crippen LogP contribution in [0.15, 0.2) is 88.1 Å². The molecule has 138 valence electrons. The van der Waals surface area contributed by atoms with Crippen LogP contribution in [0.1, 0.15) is 5.56 Å². The molecule has 1 aromatic heterocycles. The van der Waals surface area contributed by atoms with E-state index in [0.717, 1.165) is 5.56 Å². The Morgan fingerprint density at radius 2 is 1.61 bits per heavy atom. The van der Waals surface area contributed by atoms with Crippen molar-refractivity contribution >= 4 is 16.7 Å². The fourth-order valence-corrected chi connectivity index (χ4v) is 2.96. The monoisotopic (exact) mass is 373 g/mol. The Morgan fingerprint density at radius 1 is 0.929 bits per heavy atom. The molecule has 0 unspecified atom stereocenters. The molecule has 0 aliphatic heterocycles. The van der Waals surface area contributed by atoms with Gasteiger partial charge in [-0.3, -0.25) is 14.9 Å². The van der Waals surface area contributed by atoms with E-state index in [1.807, 2.05) is 36.4 Å². The van der Waals surface area contributed by atoms with Crippen LogP contribution in [0.4, 0.5) is 5.69 Å². The molecule has 3 aromatic carbocycles. The van der Waals surface area contributed by atoms with Gasteiger partial charge in [0.05, 0.1) is 10.3 Å². The van der Waals surface area contributed by atoms with Crippen LogP contribution in [-0.4, -0.2) is 4.92 Å². The number of rotatable bonds is 5. The lowest BCUT2D eigenvalue weighted by atomic mass is 10.1. The van der Waals surface area contributed by atoms with E-state index in [4.69, 9.17) is 9.15 Å². The first kappa shape index (κ1) is 17.5. The van der Waals surface area contributed by atoms with Crippen LogP contribution < -0.4 is 10.2 Å². The maximum atomic E-state index is 12.5. The summed E-state index contributed by atoms with van der Waals surface area (Å²) in [5.41, 5.74) is 0.728. The van der Waals surface area contributed by atoms with Crippen LogP contribution >= 0.6 is 0 Å². The summed E-state index contributed by atoms with van der Waals surface area (Å²) in [4.78, 5) is 23.7. The molecule has 6 heteroatoms. The average molecular weight is 373 g/mol. The summed E-state index contributed by atoms with van der Waals surface area (Å²) in [6, 6.07) is 22.6. The number of nitro groups is 1. The highest BCUT2D eigenvalue weighted by Gasteiger charge is 2.24. The van der Waals surface area contributed by atoms with Gasteiger partial charge in [0.25, 0.3) is 0 Å². The van der Waals surface area contributed by atoms with E-state index in [0.29, 0.717) is 5.56 Å². The smallest absolute Gasteiger partial charge is 0.353 e. The quantitative estimate of drug-likeness (QED) is 0.365. The highest BCUT2D eigenvalue weighted by Crippen LogP contribution is 2.36. The van der Waals surface area contributed by atoms with Gasteiger partial charge >= 0.3 is 5.69 Å². The number of hydrogen-bond donors (Lipinski definition) is 0. The summed E-state index contributed by atoms with van der Waals surface area (Å²) >= 11 is 0.